The fourth-order valence-electron chi connectivity index (χ4n) is 2.66. The van der Waals surface area contributed by atoms with Gasteiger partial charge in [0.1, 0.15) is 12.4 Å². The van der Waals surface area contributed by atoms with Gasteiger partial charge in [-0.1, -0.05) is 60.1 Å². The van der Waals surface area contributed by atoms with Crippen molar-refractivity contribution >= 4 is 17.5 Å². The first-order valence-corrected chi connectivity index (χ1v) is 8.27. The van der Waals surface area contributed by atoms with Gasteiger partial charge in [0.05, 0.1) is 0 Å². The Hall–Kier alpha value is -2.73. The van der Waals surface area contributed by atoms with Crippen molar-refractivity contribution in [2.75, 3.05) is 7.05 Å². The summed E-state index contributed by atoms with van der Waals surface area (Å²) in [4.78, 5) is 14.7. The van der Waals surface area contributed by atoms with Crippen LogP contribution in [0.1, 0.15) is 17.2 Å². The van der Waals surface area contributed by atoms with Crippen LogP contribution in [0.4, 0.5) is 0 Å². The van der Waals surface area contributed by atoms with E-state index in [1.54, 1.807) is 11.9 Å². The van der Waals surface area contributed by atoms with Crippen LogP contribution in [0, 0.1) is 0 Å². The molecule has 7 heteroatoms. The largest absolute Gasteiger partial charge is 0.340 e. The van der Waals surface area contributed by atoms with Crippen molar-refractivity contribution in [2.45, 2.75) is 19.0 Å². The summed E-state index contributed by atoms with van der Waals surface area (Å²) in [5.41, 5.74) is 1.94. The number of hydrogen-bond donors (Lipinski definition) is 0. The number of rotatable bonds is 6. The summed E-state index contributed by atoms with van der Waals surface area (Å²) in [5.74, 6) is -0.0731. The first-order valence-electron chi connectivity index (χ1n) is 7.90. The molecule has 0 fully saturated rings. The highest BCUT2D eigenvalue weighted by atomic mass is 35.5. The van der Waals surface area contributed by atoms with Gasteiger partial charge in [0.2, 0.25) is 5.91 Å². The standard InChI is InChI=1S/C18H18ClN5O/c1-23(12-15-9-5-6-10-16(15)19)18(25)17(24-13-20-21-22-24)11-14-7-3-2-4-8-14/h2-10,13,17H,11-12H2,1H3. The second-order valence-electron chi connectivity index (χ2n) is 5.78. The zero-order chi connectivity index (χ0) is 17.6. The topological polar surface area (TPSA) is 63.9 Å². The zero-order valence-electron chi connectivity index (χ0n) is 13.8. The van der Waals surface area contributed by atoms with E-state index < -0.39 is 6.04 Å². The molecule has 128 valence electrons. The van der Waals surface area contributed by atoms with E-state index in [1.807, 2.05) is 54.6 Å². The van der Waals surface area contributed by atoms with Gasteiger partial charge in [0, 0.05) is 25.0 Å². The molecule has 1 aromatic heterocycles. The van der Waals surface area contributed by atoms with Crippen molar-refractivity contribution in [1.29, 1.82) is 0 Å². The third kappa shape index (κ3) is 4.22. The highest BCUT2D eigenvalue weighted by Gasteiger charge is 2.25. The van der Waals surface area contributed by atoms with Crippen LogP contribution in [0.2, 0.25) is 5.02 Å². The number of nitrogens with zero attached hydrogens (tertiary/aromatic N) is 5. The molecular weight excluding hydrogens is 338 g/mol. The van der Waals surface area contributed by atoms with E-state index in [0.717, 1.165) is 11.1 Å². The molecule has 0 saturated carbocycles. The molecule has 0 spiro atoms. The Bertz CT molecular complexity index is 823. The van der Waals surface area contributed by atoms with Crippen molar-refractivity contribution in [3.63, 3.8) is 0 Å². The summed E-state index contributed by atoms with van der Waals surface area (Å²) in [6, 6.07) is 16.8. The highest BCUT2D eigenvalue weighted by Crippen LogP contribution is 2.20. The number of benzene rings is 2. The Morgan fingerprint density at radius 2 is 1.88 bits per heavy atom. The van der Waals surface area contributed by atoms with Crippen molar-refractivity contribution in [1.82, 2.24) is 25.1 Å². The van der Waals surface area contributed by atoms with Gasteiger partial charge >= 0.3 is 0 Å². The lowest BCUT2D eigenvalue weighted by molar-refractivity contribution is -0.134. The van der Waals surface area contributed by atoms with Crippen LogP contribution in [-0.4, -0.2) is 38.1 Å². The van der Waals surface area contributed by atoms with Gasteiger partial charge in [-0.05, 0) is 27.6 Å². The first kappa shape index (κ1) is 17.1. The minimum absolute atomic E-state index is 0.0731. The van der Waals surface area contributed by atoms with Crippen molar-refractivity contribution in [3.05, 3.63) is 77.1 Å². The summed E-state index contributed by atoms with van der Waals surface area (Å²) in [6.45, 7) is 0.423. The van der Waals surface area contributed by atoms with E-state index in [9.17, 15) is 4.79 Å². The highest BCUT2D eigenvalue weighted by molar-refractivity contribution is 6.31. The van der Waals surface area contributed by atoms with Crippen LogP contribution in [0.3, 0.4) is 0 Å². The molecule has 0 N–H and O–H groups in total. The molecule has 2 aromatic carbocycles. The van der Waals surface area contributed by atoms with E-state index in [-0.39, 0.29) is 5.91 Å². The lowest BCUT2D eigenvalue weighted by Gasteiger charge is -2.24. The van der Waals surface area contributed by atoms with Crippen LogP contribution >= 0.6 is 11.6 Å². The second-order valence-corrected chi connectivity index (χ2v) is 6.19. The number of carbonyl (C=O) groups excluding carboxylic acids is 1. The van der Waals surface area contributed by atoms with Gasteiger partial charge in [0.25, 0.3) is 0 Å². The SMILES string of the molecule is CN(Cc1ccccc1Cl)C(=O)C(Cc1ccccc1)n1cnnn1. The van der Waals surface area contributed by atoms with E-state index in [1.165, 1.54) is 11.0 Å². The zero-order valence-corrected chi connectivity index (χ0v) is 14.5. The molecule has 0 saturated heterocycles. The Labute approximate surface area is 151 Å². The molecule has 0 aliphatic heterocycles. The smallest absolute Gasteiger partial charge is 0.247 e. The summed E-state index contributed by atoms with van der Waals surface area (Å²) in [5, 5.41) is 11.9. The van der Waals surface area contributed by atoms with E-state index in [4.69, 9.17) is 11.6 Å². The van der Waals surface area contributed by atoms with Crippen LogP contribution in [0.5, 0.6) is 0 Å². The second kappa shape index (κ2) is 7.90. The fraction of sp³-hybridized carbons (Fsp3) is 0.222. The number of aromatic nitrogens is 4. The lowest BCUT2D eigenvalue weighted by atomic mass is 10.0. The third-order valence-electron chi connectivity index (χ3n) is 3.98. The van der Waals surface area contributed by atoms with Crippen LogP contribution < -0.4 is 0 Å². The molecule has 0 bridgehead atoms. The van der Waals surface area contributed by atoms with Crippen molar-refractivity contribution < 1.29 is 4.79 Å². The Morgan fingerprint density at radius 3 is 2.56 bits per heavy atom. The normalized spacial score (nSPS) is 11.9. The fourth-order valence-corrected chi connectivity index (χ4v) is 2.85. The maximum absolute atomic E-state index is 13.0. The van der Waals surface area contributed by atoms with Gasteiger partial charge in [-0.15, -0.1) is 5.10 Å². The monoisotopic (exact) mass is 355 g/mol. The predicted octanol–water partition coefficient (Wildman–Crippen LogP) is 2.77. The summed E-state index contributed by atoms with van der Waals surface area (Å²) >= 11 is 6.21. The van der Waals surface area contributed by atoms with Crippen molar-refractivity contribution in [3.8, 4) is 0 Å². The maximum Gasteiger partial charge on any atom is 0.247 e. The molecule has 3 aromatic rings. The van der Waals surface area contributed by atoms with Gasteiger partial charge in [0.15, 0.2) is 0 Å². The Kier molecular flexibility index (Phi) is 5.40. The molecule has 1 heterocycles. The van der Waals surface area contributed by atoms with Gasteiger partial charge in [-0.2, -0.15) is 0 Å². The molecule has 0 aliphatic rings. The third-order valence-corrected chi connectivity index (χ3v) is 4.35. The number of tetrazole rings is 1. The predicted molar refractivity (Wildman–Crippen MR) is 94.9 cm³/mol. The minimum Gasteiger partial charge on any atom is -0.340 e. The Balaban J connectivity index is 1.80. The van der Waals surface area contributed by atoms with Gasteiger partial charge < -0.3 is 4.90 Å². The minimum atomic E-state index is -0.509. The average molecular weight is 356 g/mol. The number of likely N-dealkylation sites (N-methyl/N-ethyl adjacent to an activating group) is 1. The van der Waals surface area contributed by atoms with Crippen LogP contribution in [0.25, 0.3) is 0 Å². The van der Waals surface area contributed by atoms with E-state index in [2.05, 4.69) is 15.5 Å². The van der Waals surface area contributed by atoms with Crippen molar-refractivity contribution in [2.24, 2.45) is 0 Å². The van der Waals surface area contributed by atoms with E-state index in [0.29, 0.717) is 18.0 Å². The summed E-state index contributed by atoms with van der Waals surface area (Å²) in [7, 11) is 1.76. The molecule has 1 amide bonds. The average Bonchev–Trinajstić information content (AvgIpc) is 3.16. The number of carbonyl (C=O) groups is 1. The summed E-state index contributed by atoms with van der Waals surface area (Å²) < 4.78 is 1.50. The number of hydrogen-bond acceptors (Lipinski definition) is 4. The molecule has 6 nitrogen and oxygen atoms in total. The Morgan fingerprint density at radius 1 is 1.16 bits per heavy atom. The molecule has 1 unspecified atom stereocenters. The lowest BCUT2D eigenvalue weighted by Crippen LogP contribution is -2.35. The number of amides is 1. The first-order chi connectivity index (χ1) is 12.1. The molecule has 1 atom stereocenters. The van der Waals surface area contributed by atoms with E-state index >= 15 is 0 Å². The summed E-state index contributed by atoms with van der Waals surface area (Å²) in [6.07, 6.45) is 1.98. The molecular formula is C18H18ClN5O. The van der Waals surface area contributed by atoms with Gasteiger partial charge in [-0.3, -0.25) is 4.79 Å². The molecule has 3 rings (SSSR count). The van der Waals surface area contributed by atoms with Crippen LogP contribution in [0.15, 0.2) is 60.9 Å². The molecule has 0 radical (unpaired) electrons. The van der Waals surface area contributed by atoms with Gasteiger partial charge in [-0.25, -0.2) is 4.68 Å². The molecule has 25 heavy (non-hydrogen) atoms. The quantitative estimate of drug-likeness (QED) is 0.682. The molecule has 0 aliphatic carbocycles. The maximum atomic E-state index is 13.0. The number of halogens is 1. The van der Waals surface area contributed by atoms with Crippen LogP contribution in [-0.2, 0) is 17.8 Å².